The van der Waals surface area contributed by atoms with Gasteiger partial charge in [0.15, 0.2) is 0 Å². The smallest absolute Gasteiger partial charge is 0.113 e. The summed E-state index contributed by atoms with van der Waals surface area (Å²) in [5.41, 5.74) is 0.911. The van der Waals surface area contributed by atoms with Gasteiger partial charge in [-0.25, -0.2) is 4.98 Å². The molecule has 1 aromatic heterocycles. The van der Waals surface area contributed by atoms with Gasteiger partial charge in [0.1, 0.15) is 5.01 Å². The van der Waals surface area contributed by atoms with E-state index in [-0.39, 0.29) is 11.1 Å². The zero-order valence-corrected chi connectivity index (χ0v) is 13.1. The summed E-state index contributed by atoms with van der Waals surface area (Å²) < 4.78 is 11.0. The van der Waals surface area contributed by atoms with Crippen molar-refractivity contribution in [3.05, 3.63) is 16.1 Å². The third kappa shape index (κ3) is 3.54. The molecule has 1 N–H and O–H groups in total. The number of hydrogen-bond donors (Lipinski definition) is 1. The first-order valence-corrected chi connectivity index (χ1v) is 7.66. The first-order chi connectivity index (χ1) is 8.97. The molecule has 19 heavy (non-hydrogen) atoms. The average Bonchev–Trinajstić information content (AvgIpc) is 2.75. The fourth-order valence-corrected chi connectivity index (χ4v) is 3.75. The molecule has 108 valence electrons. The van der Waals surface area contributed by atoms with Crippen molar-refractivity contribution in [3.63, 3.8) is 0 Å². The quantitative estimate of drug-likeness (QED) is 0.844. The molecule has 2 heterocycles. The standard InChI is InChI=1S/C14H24N2O2S/c1-11-9-19-12(16-11)14(15-6-8-17-4)5-7-18-13(2,3)10-14/h9,15H,5-8,10H2,1-4H3. The zero-order chi connectivity index (χ0) is 13.9. The van der Waals surface area contributed by atoms with E-state index in [9.17, 15) is 0 Å². The van der Waals surface area contributed by atoms with Crippen LogP contribution in [0.25, 0.3) is 0 Å². The molecule has 1 aliphatic rings. The van der Waals surface area contributed by atoms with E-state index in [1.807, 2.05) is 6.92 Å². The topological polar surface area (TPSA) is 43.4 Å². The first kappa shape index (κ1) is 14.9. The number of nitrogens with zero attached hydrogens (tertiary/aromatic N) is 1. The van der Waals surface area contributed by atoms with Gasteiger partial charge in [0.2, 0.25) is 0 Å². The Bertz CT molecular complexity index is 419. The van der Waals surface area contributed by atoms with Crippen LogP contribution < -0.4 is 5.32 Å². The van der Waals surface area contributed by atoms with Crippen molar-refractivity contribution in [2.24, 2.45) is 0 Å². The summed E-state index contributed by atoms with van der Waals surface area (Å²) in [6.07, 6.45) is 1.91. The van der Waals surface area contributed by atoms with E-state index in [0.29, 0.717) is 6.61 Å². The van der Waals surface area contributed by atoms with Gasteiger partial charge in [-0.15, -0.1) is 11.3 Å². The highest BCUT2D eigenvalue weighted by Gasteiger charge is 2.43. The Hall–Kier alpha value is -0.490. The van der Waals surface area contributed by atoms with E-state index in [1.165, 1.54) is 5.01 Å². The largest absolute Gasteiger partial charge is 0.383 e. The van der Waals surface area contributed by atoms with Gasteiger partial charge in [-0.2, -0.15) is 0 Å². The molecule has 0 amide bonds. The third-order valence-corrected chi connectivity index (χ3v) is 4.71. The Morgan fingerprint density at radius 2 is 2.32 bits per heavy atom. The second-order valence-corrected chi connectivity index (χ2v) is 6.69. The molecule has 5 heteroatoms. The summed E-state index contributed by atoms with van der Waals surface area (Å²) in [5.74, 6) is 0. The number of thiazole rings is 1. The van der Waals surface area contributed by atoms with Gasteiger partial charge in [-0.05, 0) is 27.2 Å². The monoisotopic (exact) mass is 284 g/mol. The maximum Gasteiger partial charge on any atom is 0.113 e. The number of hydrogen-bond acceptors (Lipinski definition) is 5. The molecule has 4 nitrogen and oxygen atoms in total. The Labute approximate surface area is 119 Å². The molecule has 1 unspecified atom stereocenters. The van der Waals surface area contributed by atoms with Gasteiger partial charge in [-0.3, -0.25) is 0 Å². The highest BCUT2D eigenvalue weighted by molar-refractivity contribution is 7.09. The molecule has 0 spiro atoms. The number of nitrogens with one attached hydrogen (secondary N) is 1. The van der Waals surface area contributed by atoms with Crippen LogP contribution in [-0.4, -0.2) is 37.5 Å². The molecule has 1 atom stereocenters. The maximum absolute atomic E-state index is 5.86. The Balaban J connectivity index is 2.22. The highest BCUT2D eigenvalue weighted by Crippen LogP contribution is 2.40. The molecule has 0 bridgehead atoms. The van der Waals surface area contributed by atoms with Crippen molar-refractivity contribution < 1.29 is 9.47 Å². The second-order valence-electron chi connectivity index (χ2n) is 5.83. The summed E-state index contributed by atoms with van der Waals surface area (Å²) >= 11 is 1.74. The van der Waals surface area contributed by atoms with Crippen molar-refractivity contribution in [2.45, 2.75) is 44.8 Å². The van der Waals surface area contributed by atoms with Crippen molar-refractivity contribution in [1.29, 1.82) is 0 Å². The predicted octanol–water partition coefficient (Wildman–Crippen LogP) is 2.47. The van der Waals surface area contributed by atoms with Gasteiger partial charge in [0.05, 0.1) is 17.7 Å². The fourth-order valence-electron chi connectivity index (χ4n) is 2.74. The number of methoxy groups -OCH3 is 1. The lowest BCUT2D eigenvalue weighted by Crippen LogP contribution is -2.53. The minimum Gasteiger partial charge on any atom is -0.383 e. The lowest BCUT2D eigenvalue weighted by Gasteiger charge is -2.44. The molecule has 1 aromatic rings. The van der Waals surface area contributed by atoms with Crippen LogP contribution in [0, 0.1) is 6.92 Å². The van der Waals surface area contributed by atoms with E-state index in [1.54, 1.807) is 18.4 Å². The summed E-state index contributed by atoms with van der Waals surface area (Å²) in [6.45, 7) is 8.68. The molecular weight excluding hydrogens is 260 g/mol. The molecule has 1 saturated heterocycles. The second kappa shape index (κ2) is 5.87. The van der Waals surface area contributed by atoms with Crippen molar-refractivity contribution >= 4 is 11.3 Å². The molecule has 2 rings (SSSR count). The van der Waals surface area contributed by atoms with Crippen LogP contribution in [0.2, 0.25) is 0 Å². The summed E-state index contributed by atoms with van der Waals surface area (Å²) in [4.78, 5) is 4.71. The summed E-state index contributed by atoms with van der Waals surface area (Å²) in [6, 6.07) is 0. The number of aromatic nitrogens is 1. The van der Waals surface area contributed by atoms with E-state index in [4.69, 9.17) is 14.5 Å². The Morgan fingerprint density at radius 1 is 1.53 bits per heavy atom. The maximum atomic E-state index is 5.86. The van der Waals surface area contributed by atoms with E-state index in [0.717, 1.165) is 31.7 Å². The lowest BCUT2D eigenvalue weighted by molar-refractivity contribution is -0.0905. The van der Waals surface area contributed by atoms with Crippen LogP contribution in [0.1, 0.15) is 37.4 Å². The van der Waals surface area contributed by atoms with Crippen molar-refractivity contribution in [1.82, 2.24) is 10.3 Å². The summed E-state index contributed by atoms with van der Waals surface area (Å²) in [5, 5.41) is 6.96. The number of aryl methyl sites for hydroxylation is 1. The van der Waals surface area contributed by atoms with Crippen LogP contribution in [0.15, 0.2) is 5.38 Å². The van der Waals surface area contributed by atoms with Crippen molar-refractivity contribution in [3.8, 4) is 0 Å². The van der Waals surface area contributed by atoms with Crippen LogP contribution in [-0.2, 0) is 15.0 Å². The average molecular weight is 284 g/mol. The molecule has 0 aliphatic carbocycles. The molecule has 1 fully saturated rings. The zero-order valence-electron chi connectivity index (χ0n) is 12.3. The van der Waals surface area contributed by atoms with Gasteiger partial charge in [0, 0.05) is 37.8 Å². The van der Waals surface area contributed by atoms with E-state index < -0.39 is 0 Å². The molecule has 1 aliphatic heterocycles. The van der Waals surface area contributed by atoms with Gasteiger partial charge < -0.3 is 14.8 Å². The lowest BCUT2D eigenvalue weighted by atomic mass is 9.81. The first-order valence-electron chi connectivity index (χ1n) is 6.78. The normalized spacial score (nSPS) is 26.5. The van der Waals surface area contributed by atoms with Crippen LogP contribution in [0.3, 0.4) is 0 Å². The summed E-state index contributed by atoms with van der Waals surface area (Å²) in [7, 11) is 1.73. The van der Waals surface area contributed by atoms with Crippen molar-refractivity contribution in [2.75, 3.05) is 26.9 Å². The van der Waals surface area contributed by atoms with Gasteiger partial charge in [-0.1, -0.05) is 0 Å². The minimum absolute atomic E-state index is 0.0702. The van der Waals surface area contributed by atoms with Crippen LogP contribution >= 0.6 is 11.3 Å². The van der Waals surface area contributed by atoms with Crippen LogP contribution in [0.4, 0.5) is 0 Å². The molecule has 0 radical (unpaired) electrons. The predicted molar refractivity (Wildman–Crippen MR) is 77.7 cm³/mol. The van der Waals surface area contributed by atoms with Gasteiger partial charge >= 0.3 is 0 Å². The van der Waals surface area contributed by atoms with Crippen LogP contribution in [0.5, 0.6) is 0 Å². The minimum atomic E-state index is -0.113. The highest BCUT2D eigenvalue weighted by atomic mass is 32.1. The van der Waals surface area contributed by atoms with Gasteiger partial charge in [0.25, 0.3) is 0 Å². The molecule has 0 aromatic carbocycles. The molecule has 0 saturated carbocycles. The number of ether oxygens (including phenoxy) is 2. The fraction of sp³-hybridized carbons (Fsp3) is 0.786. The van der Waals surface area contributed by atoms with E-state index >= 15 is 0 Å². The molecular formula is C14H24N2O2S. The SMILES string of the molecule is COCCNC1(c2nc(C)cs2)CCOC(C)(C)C1. The third-order valence-electron chi connectivity index (χ3n) is 3.55. The Kier molecular flexibility index (Phi) is 4.61. The number of rotatable bonds is 5. The Morgan fingerprint density at radius 3 is 2.89 bits per heavy atom. The van der Waals surface area contributed by atoms with E-state index in [2.05, 4.69) is 24.5 Å².